The first-order valence-electron chi connectivity index (χ1n) is 8.01. The van der Waals surface area contributed by atoms with Crippen LogP contribution in [-0.4, -0.2) is 67.1 Å². The Morgan fingerprint density at radius 1 is 1.19 bits per heavy atom. The molecular weight excluding hydrogens is 284 g/mol. The number of anilines is 1. The zero-order chi connectivity index (χ0) is 14.7. The molecule has 1 aromatic heterocycles. The molecule has 0 spiro atoms. The van der Waals surface area contributed by atoms with Crippen LogP contribution in [0.3, 0.4) is 0 Å². The molecule has 3 rings (SSSR count). The van der Waals surface area contributed by atoms with Gasteiger partial charge in [-0.2, -0.15) is 0 Å². The van der Waals surface area contributed by atoms with Crippen LogP contribution in [0.4, 0.5) is 5.69 Å². The molecule has 0 amide bonds. The Morgan fingerprint density at radius 3 is 2.71 bits per heavy atom. The molecule has 0 unspecified atom stereocenters. The van der Waals surface area contributed by atoms with Crippen molar-refractivity contribution in [3.8, 4) is 0 Å². The number of aromatic nitrogens is 1. The van der Waals surface area contributed by atoms with E-state index in [1.165, 1.54) is 32.4 Å². The molecule has 2 saturated heterocycles. The molecule has 4 nitrogen and oxygen atoms in total. The van der Waals surface area contributed by atoms with Gasteiger partial charge >= 0.3 is 0 Å². The maximum atomic E-state index is 6.24. The third-order valence-corrected chi connectivity index (χ3v) is 5.15. The number of piperazine rings is 1. The summed E-state index contributed by atoms with van der Waals surface area (Å²) in [5.74, 6) is 0. The van der Waals surface area contributed by atoms with Crippen LogP contribution in [-0.2, 0) is 0 Å². The van der Waals surface area contributed by atoms with Crippen molar-refractivity contribution in [3.05, 3.63) is 23.5 Å². The van der Waals surface area contributed by atoms with Gasteiger partial charge < -0.3 is 9.80 Å². The molecule has 0 bridgehead atoms. The van der Waals surface area contributed by atoms with Crippen molar-refractivity contribution in [2.75, 3.05) is 51.2 Å². The third-order valence-electron chi connectivity index (χ3n) is 4.85. The Balaban J connectivity index is 1.52. The van der Waals surface area contributed by atoms with Crippen LogP contribution in [0, 0.1) is 0 Å². The summed E-state index contributed by atoms with van der Waals surface area (Å²) >= 11 is 6.24. The lowest BCUT2D eigenvalue weighted by Crippen LogP contribution is -2.52. The summed E-state index contributed by atoms with van der Waals surface area (Å²) in [6, 6.07) is 2.77. The van der Waals surface area contributed by atoms with Gasteiger partial charge in [0.15, 0.2) is 0 Å². The van der Waals surface area contributed by atoms with Crippen LogP contribution < -0.4 is 4.90 Å². The van der Waals surface area contributed by atoms with E-state index in [-0.39, 0.29) is 0 Å². The van der Waals surface area contributed by atoms with Crippen molar-refractivity contribution in [3.63, 3.8) is 0 Å². The van der Waals surface area contributed by atoms with E-state index in [1.54, 1.807) is 6.20 Å². The Hall–Kier alpha value is -0.840. The van der Waals surface area contributed by atoms with Gasteiger partial charge in [0.2, 0.25) is 0 Å². The summed E-state index contributed by atoms with van der Waals surface area (Å²) in [4.78, 5) is 11.6. The number of hydrogen-bond acceptors (Lipinski definition) is 4. The highest BCUT2D eigenvalue weighted by Crippen LogP contribution is 2.25. The first-order chi connectivity index (χ1) is 10.2. The number of piperidine rings is 1. The lowest BCUT2D eigenvalue weighted by atomic mass is 10.0. The number of halogens is 1. The quantitative estimate of drug-likeness (QED) is 0.855. The molecule has 0 aliphatic carbocycles. The molecule has 0 aromatic carbocycles. The monoisotopic (exact) mass is 308 g/mol. The average Bonchev–Trinajstić information content (AvgIpc) is 2.51. The number of pyridine rings is 1. The molecule has 0 saturated carbocycles. The predicted molar refractivity (Wildman–Crippen MR) is 88.2 cm³/mol. The van der Waals surface area contributed by atoms with Crippen LogP contribution in [0.15, 0.2) is 18.5 Å². The largest absolute Gasteiger partial charge is 0.368 e. The lowest BCUT2D eigenvalue weighted by Gasteiger charge is -2.41. The minimum Gasteiger partial charge on any atom is -0.368 e. The predicted octanol–water partition coefficient (Wildman–Crippen LogP) is 2.34. The Morgan fingerprint density at radius 2 is 2.00 bits per heavy atom. The molecule has 0 radical (unpaired) electrons. The SMILES string of the molecule is CN1CCCC[C@@H]1CN1CCN(c2ccncc2Cl)CC1. The van der Waals surface area contributed by atoms with Gasteiger partial charge in [-0.05, 0) is 32.5 Å². The molecule has 2 aliphatic heterocycles. The summed E-state index contributed by atoms with van der Waals surface area (Å²) in [7, 11) is 2.27. The smallest absolute Gasteiger partial charge is 0.0822 e. The van der Waals surface area contributed by atoms with Crippen LogP contribution >= 0.6 is 11.6 Å². The van der Waals surface area contributed by atoms with Crippen molar-refractivity contribution in [1.29, 1.82) is 0 Å². The van der Waals surface area contributed by atoms with E-state index >= 15 is 0 Å². The standard InChI is InChI=1S/C16H25ClN4/c1-19-7-3-2-4-14(19)13-20-8-10-21(11-9-20)16-5-6-18-12-15(16)17/h5-6,12,14H,2-4,7-11,13H2,1H3/t14-/m1/s1. The minimum absolute atomic E-state index is 0.745. The lowest BCUT2D eigenvalue weighted by molar-refractivity contribution is 0.125. The summed E-state index contributed by atoms with van der Waals surface area (Å²) in [5.41, 5.74) is 1.13. The molecule has 5 heteroatoms. The molecule has 21 heavy (non-hydrogen) atoms. The summed E-state index contributed by atoms with van der Waals surface area (Å²) in [6.45, 7) is 6.85. The summed E-state index contributed by atoms with van der Waals surface area (Å²) < 4.78 is 0. The fourth-order valence-electron chi connectivity index (χ4n) is 3.47. The number of likely N-dealkylation sites (N-methyl/N-ethyl adjacent to an activating group) is 1. The maximum absolute atomic E-state index is 6.24. The van der Waals surface area contributed by atoms with Crippen molar-refractivity contribution in [2.24, 2.45) is 0 Å². The van der Waals surface area contributed by atoms with E-state index in [1.807, 2.05) is 12.3 Å². The van der Waals surface area contributed by atoms with Gasteiger partial charge in [0.05, 0.1) is 10.7 Å². The van der Waals surface area contributed by atoms with Crippen LogP contribution in [0.25, 0.3) is 0 Å². The van der Waals surface area contributed by atoms with Gasteiger partial charge in [0.1, 0.15) is 0 Å². The van der Waals surface area contributed by atoms with Crippen LogP contribution in [0.5, 0.6) is 0 Å². The topological polar surface area (TPSA) is 22.6 Å². The van der Waals surface area contributed by atoms with Crippen LogP contribution in [0.2, 0.25) is 5.02 Å². The summed E-state index contributed by atoms with van der Waals surface area (Å²) in [6.07, 6.45) is 7.67. The van der Waals surface area contributed by atoms with Crippen molar-refractivity contribution in [2.45, 2.75) is 25.3 Å². The van der Waals surface area contributed by atoms with E-state index in [4.69, 9.17) is 11.6 Å². The average molecular weight is 309 g/mol. The second kappa shape index (κ2) is 6.95. The summed E-state index contributed by atoms with van der Waals surface area (Å²) in [5, 5.41) is 0.762. The number of nitrogens with zero attached hydrogens (tertiary/aromatic N) is 4. The van der Waals surface area contributed by atoms with Gasteiger partial charge in [-0.15, -0.1) is 0 Å². The number of hydrogen-bond donors (Lipinski definition) is 0. The number of likely N-dealkylation sites (tertiary alicyclic amines) is 1. The molecule has 116 valence electrons. The van der Waals surface area contributed by atoms with E-state index in [2.05, 4.69) is 26.7 Å². The highest BCUT2D eigenvalue weighted by Gasteiger charge is 2.24. The zero-order valence-corrected chi connectivity index (χ0v) is 13.6. The van der Waals surface area contributed by atoms with Gasteiger partial charge in [-0.1, -0.05) is 18.0 Å². The first kappa shape index (κ1) is 15.1. The highest BCUT2D eigenvalue weighted by atomic mass is 35.5. The zero-order valence-electron chi connectivity index (χ0n) is 12.8. The Bertz CT molecular complexity index is 459. The minimum atomic E-state index is 0.745. The Labute approximate surface area is 132 Å². The second-order valence-electron chi connectivity index (χ2n) is 6.24. The molecule has 3 heterocycles. The molecule has 0 N–H and O–H groups in total. The Kier molecular flexibility index (Phi) is 4.99. The van der Waals surface area contributed by atoms with Gasteiger partial charge in [-0.3, -0.25) is 9.88 Å². The first-order valence-corrected chi connectivity index (χ1v) is 8.39. The molecule has 1 aromatic rings. The van der Waals surface area contributed by atoms with Crippen molar-refractivity contribution in [1.82, 2.24) is 14.8 Å². The van der Waals surface area contributed by atoms with E-state index in [0.717, 1.165) is 42.9 Å². The normalized spacial score (nSPS) is 25.2. The van der Waals surface area contributed by atoms with Crippen molar-refractivity contribution < 1.29 is 0 Å². The van der Waals surface area contributed by atoms with Crippen LogP contribution in [0.1, 0.15) is 19.3 Å². The fourth-order valence-corrected chi connectivity index (χ4v) is 3.71. The van der Waals surface area contributed by atoms with Gasteiger partial charge in [0.25, 0.3) is 0 Å². The van der Waals surface area contributed by atoms with E-state index < -0.39 is 0 Å². The fraction of sp³-hybridized carbons (Fsp3) is 0.688. The molecule has 1 atom stereocenters. The third kappa shape index (κ3) is 3.68. The highest BCUT2D eigenvalue weighted by molar-refractivity contribution is 6.33. The van der Waals surface area contributed by atoms with Gasteiger partial charge in [0, 0.05) is 51.2 Å². The van der Waals surface area contributed by atoms with Crippen molar-refractivity contribution >= 4 is 17.3 Å². The second-order valence-corrected chi connectivity index (χ2v) is 6.65. The van der Waals surface area contributed by atoms with E-state index in [9.17, 15) is 0 Å². The molecular formula is C16H25ClN4. The van der Waals surface area contributed by atoms with Gasteiger partial charge in [-0.25, -0.2) is 0 Å². The molecule has 2 fully saturated rings. The maximum Gasteiger partial charge on any atom is 0.0822 e. The molecule has 2 aliphatic rings. The number of rotatable bonds is 3. The van der Waals surface area contributed by atoms with E-state index in [0.29, 0.717) is 0 Å².